The summed E-state index contributed by atoms with van der Waals surface area (Å²) in [6.45, 7) is 0. The molecular formula is C8H9N3O2. The third-order valence-corrected chi connectivity index (χ3v) is 1.55. The van der Waals surface area contributed by atoms with E-state index in [-0.39, 0.29) is 17.2 Å². The summed E-state index contributed by atoms with van der Waals surface area (Å²) in [7, 11) is 3.14. The molecule has 1 N–H and O–H groups in total. The van der Waals surface area contributed by atoms with Crippen molar-refractivity contribution in [2.75, 3.05) is 14.1 Å². The number of hydrogen-bond donors (Lipinski definition) is 1. The van der Waals surface area contributed by atoms with Gasteiger partial charge in [0.1, 0.15) is 11.8 Å². The Labute approximate surface area is 75.4 Å². The average Bonchev–Trinajstić information content (AvgIpc) is 2.45. The lowest BCUT2D eigenvalue weighted by Crippen LogP contribution is -2.23. The predicted octanol–water partition coefficient (Wildman–Crippen LogP) is 0.299. The number of amides is 1. The van der Waals surface area contributed by atoms with Gasteiger partial charge in [-0.15, -0.1) is 0 Å². The Morgan fingerprint density at radius 1 is 1.69 bits per heavy atom. The van der Waals surface area contributed by atoms with Gasteiger partial charge in [-0.05, 0) is 6.07 Å². The third-order valence-electron chi connectivity index (χ3n) is 1.55. The Hall–Kier alpha value is -1.96. The van der Waals surface area contributed by atoms with Crippen molar-refractivity contribution >= 4 is 5.91 Å². The van der Waals surface area contributed by atoms with Crippen molar-refractivity contribution in [2.24, 2.45) is 0 Å². The molecule has 0 unspecified atom stereocenters. The molecule has 0 aliphatic carbocycles. The van der Waals surface area contributed by atoms with Gasteiger partial charge in [-0.1, -0.05) is 0 Å². The van der Waals surface area contributed by atoms with E-state index in [0.29, 0.717) is 4.73 Å². The van der Waals surface area contributed by atoms with Crippen LogP contribution in [0.25, 0.3) is 0 Å². The van der Waals surface area contributed by atoms with Crippen molar-refractivity contribution in [1.82, 2.24) is 9.63 Å². The zero-order chi connectivity index (χ0) is 10.0. The van der Waals surface area contributed by atoms with E-state index >= 15 is 0 Å². The monoisotopic (exact) mass is 179 g/mol. The molecule has 0 spiro atoms. The molecule has 68 valence electrons. The van der Waals surface area contributed by atoms with E-state index in [0.717, 1.165) is 0 Å². The molecule has 0 aliphatic heterocycles. The van der Waals surface area contributed by atoms with E-state index < -0.39 is 0 Å². The summed E-state index contributed by atoms with van der Waals surface area (Å²) in [5.74, 6) is -0.344. The lowest BCUT2D eigenvalue weighted by atomic mass is 10.3. The largest absolute Gasteiger partial charge is 0.428 e. The molecule has 0 aromatic carbocycles. The van der Waals surface area contributed by atoms with Crippen LogP contribution in [0.4, 0.5) is 0 Å². The van der Waals surface area contributed by atoms with E-state index in [2.05, 4.69) is 0 Å². The van der Waals surface area contributed by atoms with E-state index in [1.54, 1.807) is 14.1 Å². The molecule has 1 heterocycles. The van der Waals surface area contributed by atoms with Gasteiger partial charge in [-0.2, -0.15) is 9.99 Å². The number of rotatable bonds is 1. The molecule has 1 amide bonds. The van der Waals surface area contributed by atoms with Gasteiger partial charge in [0.25, 0.3) is 5.91 Å². The van der Waals surface area contributed by atoms with Crippen LogP contribution in [-0.4, -0.2) is 34.8 Å². The summed E-state index contributed by atoms with van der Waals surface area (Å²) in [6.07, 6.45) is 1.19. The summed E-state index contributed by atoms with van der Waals surface area (Å²) in [4.78, 5) is 12.7. The number of nitriles is 1. The lowest BCUT2D eigenvalue weighted by molar-refractivity contribution is 0.0776. The molecule has 1 aromatic heterocycles. The molecule has 0 aliphatic rings. The molecular weight excluding hydrogens is 170 g/mol. The summed E-state index contributed by atoms with van der Waals surface area (Å²) in [6, 6.07) is 3.17. The molecule has 1 rings (SSSR count). The van der Waals surface area contributed by atoms with Crippen molar-refractivity contribution in [2.45, 2.75) is 0 Å². The second kappa shape index (κ2) is 3.19. The quantitative estimate of drug-likeness (QED) is 0.630. The number of hydrogen-bond acceptors (Lipinski definition) is 3. The summed E-state index contributed by atoms with van der Waals surface area (Å²) in [5, 5.41) is 17.7. The Bertz CT molecular complexity index is 373. The van der Waals surface area contributed by atoms with Crippen molar-refractivity contribution in [3.8, 4) is 6.07 Å². The zero-order valence-electron chi connectivity index (χ0n) is 7.35. The molecule has 0 saturated carbocycles. The van der Waals surface area contributed by atoms with Crippen LogP contribution in [0.1, 0.15) is 16.1 Å². The number of carbonyl (C=O) groups is 1. The summed E-state index contributed by atoms with van der Waals surface area (Å²) >= 11 is 0. The molecule has 0 fully saturated rings. The highest BCUT2D eigenvalue weighted by Gasteiger charge is 2.14. The highest BCUT2D eigenvalue weighted by Crippen LogP contribution is 2.07. The van der Waals surface area contributed by atoms with Crippen molar-refractivity contribution in [3.63, 3.8) is 0 Å². The predicted molar refractivity (Wildman–Crippen MR) is 44.3 cm³/mol. The smallest absolute Gasteiger partial charge is 0.273 e. The highest BCUT2D eigenvalue weighted by molar-refractivity contribution is 5.92. The van der Waals surface area contributed by atoms with E-state index in [4.69, 9.17) is 5.26 Å². The minimum absolute atomic E-state index is 0.0848. The standard InChI is InChI=1S/C8H9N3O2/c1-10(2)8(12)7-3-6(4-9)5-11(7)13/h3,5,13H,1-2H3. The van der Waals surface area contributed by atoms with E-state index in [1.807, 2.05) is 6.07 Å². The van der Waals surface area contributed by atoms with Gasteiger partial charge >= 0.3 is 0 Å². The lowest BCUT2D eigenvalue weighted by Gasteiger charge is -2.08. The van der Waals surface area contributed by atoms with Gasteiger partial charge in [0.2, 0.25) is 0 Å². The highest BCUT2D eigenvalue weighted by atomic mass is 16.5. The second-order valence-electron chi connectivity index (χ2n) is 2.77. The number of carbonyl (C=O) groups excluding carboxylic acids is 1. The minimum atomic E-state index is -0.344. The normalized spacial score (nSPS) is 9.31. The van der Waals surface area contributed by atoms with Gasteiger partial charge < -0.3 is 10.1 Å². The van der Waals surface area contributed by atoms with Crippen LogP contribution in [0.5, 0.6) is 0 Å². The van der Waals surface area contributed by atoms with Gasteiger partial charge in [0.15, 0.2) is 0 Å². The van der Waals surface area contributed by atoms with Gasteiger partial charge in [-0.3, -0.25) is 4.79 Å². The fourth-order valence-electron chi connectivity index (χ4n) is 0.902. The Morgan fingerprint density at radius 3 is 2.69 bits per heavy atom. The first kappa shape index (κ1) is 9.13. The Kier molecular flexibility index (Phi) is 2.24. The number of aromatic nitrogens is 1. The van der Waals surface area contributed by atoms with Crippen molar-refractivity contribution < 1.29 is 10.0 Å². The minimum Gasteiger partial charge on any atom is -0.428 e. The maximum atomic E-state index is 11.3. The van der Waals surface area contributed by atoms with Gasteiger partial charge in [0.05, 0.1) is 11.8 Å². The van der Waals surface area contributed by atoms with Crippen LogP contribution in [-0.2, 0) is 0 Å². The molecule has 0 radical (unpaired) electrons. The van der Waals surface area contributed by atoms with Gasteiger partial charge in [-0.25, -0.2) is 0 Å². The van der Waals surface area contributed by atoms with Crippen molar-refractivity contribution in [1.29, 1.82) is 5.26 Å². The fraction of sp³-hybridized carbons (Fsp3) is 0.250. The topological polar surface area (TPSA) is 69.3 Å². The first-order valence-electron chi connectivity index (χ1n) is 3.59. The van der Waals surface area contributed by atoms with Crippen molar-refractivity contribution in [3.05, 3.63) is 23.5 Å². The molecule has 13 heavy (non-hydrogen) atoms. The van der Waals surface area contributed by atoms with Crippen LogP contribution < -0.4 is 0 Å². The molecule has 0 atom stereocenters. The first-order valence-corrected chi connectivity index (χ1v) is 3.59. The zero-order valence-corrected chi connectivity index (χ0v) is 7.35. The molecule has 0 bridgehead atoms. The van der Waals surface area contributed by atoms with E-state index in [1.165, 1.54) is 17.2 Å². The fourth-order valence-corrected chi connectivity index (χ4v) is 0.902. The van der Waals surface area contributed by atoms with Crippen LogP contribution in [0.3, 0.4) is 0 Å². The average molecular weight is 179 g/mol. The van der Waals surface area contributed by atoms with Crippen LogP contribution >= 0.6 is 0 Å². The molecule has 5 heteroatoms. The first-order chi connectivity index (χ1) is 6.06. The summed E-state index contributed by atoms with van der Waals surface area (Å²) < 4.78 is 0.654. The SMILES string of the molecule is CN(C)C(=O)c1cc(C#N)cn1O. The molecule has 0 saturated heterocycles. The molecule has 1 aromatic rings. The number of nitrogens with zero attached hydrogens (tertiary/aromatic N) is 3. The van der Waals surface area contributed by atoms with Crippen LogP contribution in [0.15, 0.2) is 12.3 Å². The summed E-state index contributed by atoms with van der Waals surface area (Å²) in [5.41, 5.74) is 0.342. The molecule has 5 nitrogen and oxygen atoms in total. The Morgan fingerprint density at radius 2 is 2.31 bits per heavy atom. The maximum Gasteiger partial charge on any atom is 0.273 e. The van der Waals surface area contributed by atoms with Crippen LogP contribution in [0.2, 0.25) is 0 Å². The Balaban J connectivity index is 3.09. The third kappa shape index (κ3) is 1.62. The van der Waals surface area contributed by atoms with E-state index in [9.17, 15) is 10.0 Å². The maximum absolute atomic E-state index is 11.3. The second-order valence-corrected chi connectivity index (χ2v) is 2.77. The van der Waals surface area contributed by atoms with Crippen LogP contribution in [0, 0.1) is 11.3 Å². The van der Waals surface area contributed by atoms with Gasteiger partial charge in [0, 0.05) is 14.1 Å².